The van der Waals surface area contributed by atoms with E-state index in [0.29, 0.717) is 18.0 Å². The van der Waals surface area contributed by atoms with E-state index in [9.17, 15) is 0 Å². The quantitative estimate of drug-likeness (QED) is 0.632. The van der Waals surface area contributed by atoms with Crippen molar-refractivity contribution in [3.8, 4) is 11.8 Å². The van der Waals surface area contributed by atoms with E-state index in [4.69, 9.17) is 0 Å². The first-order valence-corrected chi connectivity index (χ1v) is 10.4. The molecule has 4 rings (SSSR count). The summed E-state index contributed by atoms with van der Waals surface area (Å²) in [5, 5.41) is 0. The first-order chi connectivity index (χ1) is 13.2. The number of fused-ring (bicyclic) bond motifs is 3. The number of anilines is 1. The van der Waals surface area contributed by atoms with Crippen LogP contribution in [-0.4, -0.2) is 23.5 Å². The molecule has 0 saturated heterocycles. The Balaban J connectivity index is 1.62. The van der Waals surface area contributed by atoms with Crippen LogP contribution in [0.3, 0.4) is 0 Å². The first kappa shape index (κ1) is 18.0. The Bertz CT molecular complexity index is 847. The standard InChI is InChI=1S/C25H30N2/c1-4-18-26(19(2)3)20-14-16-21(17-15-20)27-24-12-7-5-6-10-22(24)23-11-8-9-13-25(23)27/h8-9,11-16,19,21-22H,4,6,10,17-18H2,1-3H3. The molecule has 0 N–H and O–H groups in total. The fourth-order valence-corrected chi connectivity index (χ4v) is 4.65. The van der Waals surface area contributed by atoms with Crippen LogP contribution in [-0.2, 0) is 0 Å². The van der Waals surface area contributed by atoms with E-state index in [2.05, 4.69) is 91.0 Å². The summed E-state index contributed by atoms with van der Waals surface area (Å²) >= 11 is 0. The molecule has 3 aliphatic rings. The number of nitrogens with zero attached hydrogens (tertiary/aromatic N) is 2. The molecule has 2 unspecified atom stereocenters. The van der Waals surface area contributed by atoms with Crippen LogP contribution in [0.25, 0.3) is 0 Å². The fraction of sp³-hybridized carbons (Fsp3) is 0.440. The fourth-order valence-electron chi connectivity index (χ4n) is 4.65. The molecule has 1 aromatic carbocycles. The summed E-state index contributed by atoms with van der Waals surface area (Å²) in [4.78, 5) is 5.06. The lowest BCUT2D eigenvalue weighted by Crippen LogP contribution is -2.35. The molecule has 1 aromatic rings. The summed E-state index contributed by atoms with van der Waals surface area (Å²) in [6.07, 6.45) is 13.7. The summed E-state index contributed by atoms with van der Waals surface area (Å²) in [6, 6.07) is 9.83. The van der Waals surface area contributed by atoms with Gasteiger partial charge in [0.2, 0.25) is 0 Å². The van der Waals surface area contributed by atoms with Crippen molar-refractivity contribution in [2.75, 3.05) is 11.4 Å². The molecule has 1 aliphatic heterocycles. The predicted octanol–water partition coefficient (Wildman–Crippen LogP) is 5.60. The molecule has 0 spiro atoms. The molecule has 0 saturated carbocycles. The van der Waals surface area contributed by atoms with Gasteiger partial charge in [0.25, 0.3) is 0 Å². The average Bonchev–Trinajstić information content (AvgIpc) is 2.82. The third kappa shape index (κ3) is 3.32. The molecule has 140 valence electrons. The van der Waals surface area contributed by atoms with Crippen LogP contribution in [0.2, 0.25) is 0 Å². The van der Waals surface area contributed by atoms with Gasteiger partial charge < -0.3 is 9.80 Å². The Morgan fingerprint density at radius 2 is 2.11 bits per heavy atom. The summed E-state index contributed by atoms with van der Waals surface area (Å²) in [6.45, 7) is 7.94. The molecule has 2 heteroatoms. The molecule has 1 heterocycles. The maximum absolute atomic E-state index is 3.29. The van der Waals surface area contributed by atoms with Gasteiger partial charge in [-0.2, -0.15) is 0 Å². The van der Waals surface area contributed by atoms with Gasteiger partial charge in [0, 0.05) is 48.1 Å². The van der Waals surface area contributed by atoms with Crippen molar-refractivity contribution in [1.82, 2.24) is 4.90 Å². The van der Waals surface area contributed by atoms with E-state index in [0.717, 1.165) is 25.8 Å². The average molecular weight is 359 g/mol. The van der Waals surface area contributed by atoms with Crippen LogP contribution in [0.1, 0.15) is 57.9 Å². The number of allylic oxidation sites excluding steroid dienone is 3. The largest absolute Gasteiger partial charge is 0.369 e. The number of rotatable bonds is 5. The predicted molar refractivity (Wildman–Crippen MR) is 115 cm³/mol. The number of hydrogen-bond acceptors (Lipinski definition) is 2. The van der Waals surface area contributed by atoms with Gasteiger partial charge in [-0.1, -0.05) is 49.1 Å². The Hall–Kier alpha value is -2.40. The minimum absolute atomic E-state index is 0.377. The van der Waals surface area contributed by atoms with Crippen molar-refractivity contribution in [2.24, 2.45) is 0 Å². The van der Waals surface area contributed by atoms with E-state index in [1.54, 1.807) is 0 Å². The zero-order valence-corrected chi connectivity index (χ0v) is 16.8. The number of para-hydroxylation sites is 1. The Morgan fingerprint density at radius 1 is 1.26 bits per heavy atom. The van der Waals surface area contributed by atoms with Crippen LogP contribution in [0.4, 0.5) is 5.69 Å². The molecule has 2 aliphatic carbocycles. The topological polar surface area (TPSA) is 6.48 Å². The molecule has 0 fully saturated rings. The summed E-state index contributed by atoms with van der Waals surface area (Å²) in [5.41, 5.74) is 5.61. The van der Waals surface area contributed by atoms with Crippen molar-refractivity contribution in [2.45, 2.75) is 64.5 Å². The second kappa shape index (κ2) is 7.69. The maximum Gasteiger partial charge on any atom is 0.0558 e. The van der Waals surface area contributed by atoms with Crippen LogP contribution < -0.4 is 4.90 Å². The van der Waals surface area contributed by atoms with Crippen molar-refractivity contribution < 1.29 is 0 Å². The maximum atomic E-state index is 3.29. The lowest BCUT2D eigenvalue weighted by atomic mass is 9.94. The molecule has 0 aromatic heterocycles. The highest BCUT2D eigenvalue weighted by molar-refractivity contribution is 5.70. The third-order valence-corrected chi connectivity index (χ3v) is 5.90. The highest BCUT2D eigenvalue weighted by atomic mass is 15.2. The Kier molecular flexibility index (Phi) is 5.12. The van der Waals surface area contributed by atoms with Crippen molar-refractivity contribution in [3.63, 3.8) is 0 Å². The van der Waals surface area contributed by atoms with Crippen LogP contribution >= 0.6 is 0 Å². The lowest BCUT2D eigenvalue weighted by Gasteiger charge is -2.35. The Morgan fingerprint density at radius 3 is 2.85 bits per heavy atom. The zero-order chi connectivity index (χ0) is 18.8. The molecule has 0 amide bonds. The van der Waals surface area contributed by atoms with E-state index in [1.165, 1.54) is 29.1 Å². The minimum Gasteiger partial charge on any atom is -0.369 e. The molecule has 2 nitrogen and oxygen atoms in total. The monoisotopic (exact) mass is 358 g/mol. The van der Waals surface area contributed by atoms with Crippen LogP contribution in [0, 0.1) is 11.8 Å². The molecular formula is C25H30N2. The van der Waals surface area contributed by atoms with Gasteiger partial charge in [-0.3, -0.25) is 0 Å². The third-order valence-electron chi connectivity index (χ3n) is 5.90. The van der Waals surface area contributed by atoms with Gasteiger partial charge >= 0.3 is 0 Å². The van der Waals surface area contributed by atoms with Gasteiger partial charge in [0.1, 0.15) is 0 Å². The summed E-state index contributed by atoms with van der Waals surface area (Å²) in [7, 11) is 0. The zero-order valence-electron chi connectivity index (χ0n) is 16.8. The van der Waals surface area contributed by atoms with E-state index in [-0.39, 0.29) is 0 Å². The molecule has 2 atom stereocenters. The van der Waals surface area contributed by atoms with Gasteiger partial charge in [0.15, 0.2) is 0 Å². The highest BCUT2D eigenvalue weighted by Gasteiger charge is 2.36. The minimum atomic E-state index is 0.377. The molecule has 0 bridgehead atoms. The van der Waals surface area contributed by atoms with Gasteiger partial charge in [-0.25, -0.2) is 0 Å². The van der Waals surface area contributed by atoms with Crippen molar-refractivity contribution in [1.29, 1.82) is 0 Å². The van der Waals surface area contributed by atoms with E-state index in [1.807, 2.05) is 0 Å². The van der Waals surface area contributed by atoms with Gasteiger partial charge in [-0.15, -0.1) is 0 Å². The smallest absolute Gasteiger partial charge is 0.0558 e. The normalized spacial score (nSPS) is 23.0. The van der Waals surface area contributed by atoms with Crippen LogP contribution in [0.5, 0.6) is 0 Å². The summed E-state index contributed by atoms with van der Waals surface area (Å²) < 4.78 is 0. The molecule has 0 radical (unpaired) electrons. The van der Waals surface area contributed by atoms with E-state index < -0.39 is 0 Å². The first-order valence-electron chi connectivity index (χ1n) is 10.4. The van der Waals surface area contributed by atoms with Gasteiger partial charge in [0.05, 0.1) is 6.04 Å². The van der Waals surface area contributed by atoms with Crippen LogP contribution in [0.15, 0.2) is 60.0 Å². The van der Waals surface area contributed by atoms with E-state index >= 15 is 0 Å². The summed E-state index contributed by atoms with van der Waals surface area (Å²) in [5.74, 6) is 7.05. The number of hydrogen-bond donors (Lipinski definition) is 0. The second-order valence-corrected chi connectivity index (χ2v) is 7.99. The Labute approximate surface area is 164 Å². The lowest BCUT2D eigenvalue weighted by molar-refractivity contribution is 0.290. The van der Waals surface area contributed by atoms with Gasteiger partial charge in [-0.05, 0) is 50.8 Å². The highest BCUT2D eigenvalue weighted by Crippen LogP contribution is 2.48. The van der Waals surface area contributed by atoms with Crippen molar-refractivity contribution >= 4 is 5.69 Å². The molecular weight excluding hydrogens is 328 g/mol. The number of benzene rings is 1. The second-order valence-electron chi connectivity index (χ2n) is 7.99. The SMILES string of the molecule is CCCN(C1=CCC(N2C3=CC#CCCC3c3ccccc32)C=C1)C(C)C. The molecule has 27 heavy (non-hydrogen) atoms. The van der Waals surface area contributed by atoms with Crippen molar-refractivity contribution in [3.05, 3.63) is 65.5 Å².